The highest BCUT2D eigenvalue weighted by Crippen LogP contribution is 2.36. The molecular weight excluding hydrogens is 518 g/mol. The molecule has 0 spiro atoms. The van der Waals surface area contributed by atoms with Crippen LogP contribution in [0.1, 0.15) is 43.9 Å². The molecule has 0 bridgehead atoms. The molecule has 1 fully saturated rings. The molecule has 1 saturated heterocycles. The number of hydrogen-bond acceptors (Lipinski definition) is 6. The average molecular weight is 544 g/mol. The SMILES string of the molecule is CC(C)c1cccc2sc(N(Cc3ccco3)C(=O)C3CCCN3S(=O)(=O)c3ccc(Cl)cc3)nc12. The lowest BCUT2D eigenvalue weighted by Crippen LogP contribution is -2.47. The number of fused-ring (bicyclic) bond motifs is 1. The van der Waals surface area contributed by atoms with E-state index in [1.807, 2.05) is 18.2 Å². The quantitative estimate of drug-likeness (QED) is 0.283. The van der Waals surface area contributed by atoms with Crippen molar-refractivity contribution in [3.63, 3.8) is 0 Å². The van der Waals surface area contributed by atoms with Gasteiger partial charge in [-0.2, -0.15) is 4.31 Å². The van der Waals surface area contributed by atoms with Crippen molar-refractivity contribution in [1.82, 2.24) is 9.29 Å². The Kier molecular flexibility index (Phi) is 6.91. The first kappa shape index (κ1) is 25.0. The maximum absolute atomic E-state index is 14.0. The first-order valence-electron chi connectivity index (χ1n) is 11.8. The number of hydrogen-bond donors (Lipinski definition) is 0. The van der Waals surface area contributed by atoms with Crippen LogP contribution in [-0.4, -0.2) is 36.2 Å². The number of thiazole rings is 1. The molecule has 1 atom stereocenters. The molecule has 7 nitrogen and oxygen atoms in total. The summed E-state index contributed by atoms with van der Waals surface area (Å²) < 4.78 is 34.8. The molecule has 1 aliphatic rings. The van der Waals surface area contributed by atoms with Crippen LogP contribution in [0.2, 0.25) is 5.02 Å². The number of sulfonamides is 1. The van der Waals surface area contributed by atoms with Gasteiger partial charge in [-0.05, 0) is 66.8 Å². The van der Waals surface area contributed by atoms with Crippen LogP contribution in [0.15, 0.2) is 70.2 Å². The number of anilines is 1. The van der Waals surface area contributed by atoms with E-state index in [4.69, 9.17) is 21.0 Å². The minimum Gasteiger partial charge on any atom is -0.467 e. The molecule has 1 amide bonds. The summed E-state index contributed by atoms with van der Waals surface area (Å²) in [5, 5.41) is 0.972. The zero-order chi connectivity index (χ0) is 25.4. The molecule has 3 heterocycles. The van der Waals surface area contributed by atoms with Gasteiger partial charge in [0.1, 0.15) is 11.8 Å². The molecule has 0 radical (unpaired) electrons. The second-order valence-electron chi connectivity index (χ2n) is 9.08. The summed E-state index contributed by atoms with van der Waals surface area (Å²) >= 11 is 7.38. The van der Waals surface area contributed by atoms with Crippen molar-refractivity contribution in [3.8, 4) is 0 Å². The number of carbonyl (C=O) groups excluding carboxylic acids is 1. The summed E-state index contributed by atoms with van der Waals surface area (Å²) in [5.74, 6) is 0.552. The maximum Gasteiger partial charge on any atom is 0.247 e. The molecule has 1 aliphatic heterocycles. The largest absolute Gasteiger partial charge is 0.467 e. The zero-order valence-corrected chi connectivity index (χ0v) is 22.3. The van der Waals surface area contributed by atoms with E-state index >= 15 is 0 Å². The van der Waals surface area contributed by atoms with Crippen molar-refractivity contribution in [3.05, 3.63) is 77.2 Å². The fourth-order valence-corrected chi connectivity index (χ4v) is 7.32. The summed E-state index contributed by atoms with van der Waals surface area (Å²) in [5.41, 5.74) is 1.97. The minimum atomic E-state index is -3.88. The van der Waals surface area contributed by atoms with Crippen LogP contribution in [0.5, 0.6) is 0 Å². The van der Waals surface area contributed by atoms with Gasteiger partial charge in [0.05, 0.1) is 27.9 Å². The number of para-hydroxylation sites is 1. The van der Waals surface area contributed by atoms with Gasteiger partial charge < -0.3 is 4.42 Å². The van der Waals surface area contributed by atoms with Crippen molar-refractivity contribution in [1.29, 1.82) is 0 Å². The number of aromatic nitrogens is 1. The number of furan rings is 1. The molecule has 1 unspecified atom stereocenters. The predicted molar refractivity (Wildman–Crippen MR) is 142 cm³/mol. The number of carbonyl (C=O) groups is 1. The van der Waals surface area contributed by atoms with E-state index in [1.54, 1.807) is 23.3 Å². The molecule has 4 aromatic rings. The van der Waals surface area contributed by atoms with Gasteiger partial charge in [0.15, 0.2) is 5.13 Å². The topological polar surface area (TPSA) is 83.7 Å². The van der Waals surface area contributed by atoms with Gasteiger partial charge in [-0.3, -0.25) is 9.69 Å². The third-order valence-corrected chi connectivity index (χ3v) is 9.58. The highest BCUT2D eigenvalue weighted by molar-refractivity contribution is 7.89. The van der Waals surface area contributed by atoms with Crippen molar-refractivity contribution >= 4 is 54.2 Å². The van der Waals surface area contributed by atoms with Crippen LogP contribution < -0.4 is 4.90 Å². The number of nitrogens with zero attached hydrogens (tertiary/aromatic N) is 3. The Balaban J connectivity index is 1.53. The lowest BCUT2D eigenvalue weighted by Gasteiger charge is -2.28. The Bertz CT molecular complexity index is 1480. The summed E-state index contributed by atoms with van der Waals surface area (Å²) in [6.07, 6.45) is 2.58. The second kappa shape index (κ2) is 9.97. The Morgan fingerprint density at radius 3 is 2.67 bits per heavy atom. The monoisotopic (exact) mass is 543 g/mol. The van der Waals surface area contributed by atoms with Crippen molar-refractivity contribution < 1.29 is 17.6 Å². The third kappa shape index (κ3) is 4.68. The first-order valence-corrected chi connectivity index (χ1v) is 14.4. The van der Waals surface area contributed by atoms with E-state index in [0.29, 0.717) is 28.8 Å². The Hall–Kier alpha value is -2.72. The van der Waals surface area contributed by atoms with Crippen molar-refractivity contribution in [2.24, 2.45) is 0 Å². The first-order chi connectivity index (χ1) is 17.3. The van der Waals surface area contributed by atoms with Crippen LogP contribution in [0, 0.1) is 0 Å². The smallest absolute Gasteiger partial charge is 0.247 e. The van der Waals surface area contributed by atoms with Crippen molar-refractivity contribution in [2.75, 3.05) is 11.4 Å². The summed E-state index contributed by atoms with van der Waals surface area (Å²) in [6.45, 7) is 4.65. The maximum atomic E-state index is 14.0. The number of rotatable bonds is 7. The molecule has 0 N–H and O–H groups in total. The van der Waals surface area contributed by atoms with E-state index in [2.05, 4.69) is 13.8 Å². The normalized spacial score (nSPS) is 16.7. The zero-order valence-electron chi connectivity index (χ0n) is 19.9. The van der Waals surface area contributed by atoms with E-state index in [1.165, 1.54) is 39.9 Å². The van der Waals surface area contributed by atoms with Crippen LogP contribution in [0.3, 0.4) is 0 Å². The summed E-state index contributed by atoms with van der Waals surface area (Å²) in [4.78, 5) is 20.6. The molecule has 2 aromatic heterocycles. The van der Waals surface area contributed by atoms with E-state index in [-0.39, 0.29) is 29.8 Å². The molecule has 36 heavy (non-hydrogen) atoms. The summed E-state index contributed by atoms with van der Waals surface area (Å²) in [6, 6.07) is 14.8. The van der Waals surface area contributed by atoms with Crippen LogP contribution in [0.4, 0.5) is 5.13 Å². The molecular formula is C26H26ClN3O4S2. The summed E-state index contributed by atoms with van der Waals surface area (Å²) in [7, 11) is -3.88. The lowest BCUT2D eigenvalue weighted by atomic mass is 10.0. The predicted octanol–water partition coefficient (Wildman–Crippen LogP) is 6.05. The molecule has 0 aliphatic carbocycles. The number of amides is 1. The molecule has 5 rings (SSSR count). The van der Waals surface area contributed by atoms with E-state index < -0.39 is 16.1 Å². The van der Waals surface area contributed by atoms with Gasteiger partial charge in [0.2, 0.25) is 15.9 Å². The highest BCUT2D eigenvalue weighted by Gasteiger charge is 2.42. The highest BCUT2D eigenvalue weighted by atomic mass is 35.5. The lowest BCUT2D eigenvalue weighted by molar-refractivity contribution is -0.121. The standard InChI is InChI=1S/C26H26ClN3O4S2/c1-17(2)21-7-3-9-23-24(21)28-26(35-23)29(16-19-6-5-15-34-19)25(31)22-8-4-14-30(22)36(32,33)20-12-10-18(27)11-13-20/h3,5-7,9-13,15,17,22H,4,8,14,16H2,1-2H3. The third-order valence-electron chi connectivity index (χ3n) is 6.36. The van der Waals surface area contributed by atoms with Crippen LogP contribution >= 0.6 is 22.9 Å². The fourth-order valence-electron chi connectivity index (χ4n) is 4.53. The van der Waals surface area contributed by atoms with Crippen LogP contribution in [-0.2, 0) is 21.4 Å². The minimum absolute atomic E-state index is 0.116. The van der Waals surface area contributed by atoms with Gasteiger partial charge >= 0.3 is 0 Å². The molecule has 2 aromatic carbocycles. The fraction of sp³-hybridized carbons (Fsp3) is 0.308. The molecule has 10 heteroatoms. The Morgan fingerprint density at radius 2 is 1.97 bits per heavy atom. The van der Waals surface area contributed by atoms with Crippen LogP contribution in [0.25, 0.3) is 10.2 Å². The number of benzene rings is 2. The van der Waals surface area contributed by atoms with Gasteiger partial charge in [-0.1, -0.05) is 48.9 Å². The van der Waals surface area contributed by atoms with Gasteiger partial charge in [-0.15, -0.1) is 0 Å². The average Bonchev–Trinajstić information content (AvgIpc) is 3.62. The Morgan fingerprint density at radius 1 is 1.19 bits per heavy atom. The van der Waals surface area contributed by atoms with Crippen molar-refractivity contribution in [2.45, 2.75) is 50.1 Å². The molecule has 188 valence electrons. The number of halogens is 1. The van der Waals surface area contributed by atoms with E-state index in [9.17, 15) is 13.2 Å². The second-order valence-corrected chi connectivity index (χ2v) is 12.4. The van der Waals surface area contributed by atoms with E-state index in [0.717, 1.165) is 15.8 Å². The van der Waals surface area contributed by atoms with Gasteiger partial charge in [0.25, 0.3) is 0 Å². The molecule has 0 saturated carbocycles. The Labute approximate surface area is 219 Å². The van der Waals surface area contributed by atoms with Gasteiger partial charge in [0, 0.05) is 11.6 Å². The van der Waals surface area contributed by atoms with Gasteiger partial charge in [-0.25, -0.2) is 13.4 Å².